The van der Waals surface area contributed by atoms with Crippen molar-refractivity contribution >= 4 is 42.0 Å². The van der Waals surface area contributed by atoms with E-state index in [1.807, 2.05) is 12.1 Å². The average Bonchev–Trinajstić information content (AvgIpc) is 2.74. The first-order valence-electron chi connectivity index (χ1n) is 9.14. The molecule has 0 aliphatic carbocycles. The third-order valence-corrected chi connectivity index (χ3v) is 7.06. The highest BCUT2D eigenvalue weighted by molar-refractivity contribution is 7.79. The van der Waals surface area contributed by atoms with E-state index in [1.165, 1.54) is 28.0 Å². The van der Waals surface area contributed by atoms with Crippen molar-refractivity contribution in [2.24, 2.45) is 0 Å². The summed E-state index contributed by atoms with van der Waals surface area (Å²) < 4.78 is 26.6. The fourth-order valence-electron chi connectivity index (χ4n) is 3.25. The van der Waals surface area contributed by atoms with Gasteiger partial charge in [0.05, 0.1) is 0 Å². The van der Waals surface area contributed by atoms with Crippen LogP contribution < -0.4 is 26.8 Å². The maximum absolute atomic E-state index is 13.5. The molecule has 0 aromatic heterocycles. The van der Waals surface area contributed by atoms with Gasteiger partial charge in [-0.2, -0.15) is 0 Å². The maximum atomic E-state index is 13.5. The van der Waals surface area contributed by atoms with E-state index in [0.717, 1.165) is 10.9 Å². The van der Waals surface area contributed by atoms with E-state index < -0.39 is 19.6 Å². The monoisotopic (exact) mass is 386 g/mol. The maximum Gasteiger partial charge on any atom is 0.192 e. The first-order valence-corrected chi connectivity index (χ1v) is 10.5. The van der Waals surface area contributed by atoms with E-state index in [-0.39, 0.29) is 0 Å². The van der Waals surface area contributed by atoms with Gasteiger partial charge in [-0.1, -0.05) is 102 Å². The normalized spacial score (nSPS) is 10.8. The molecule has 4 rings (SSSR count). The number of benzene rings is 4. The number of rotatable bonds is 5. The van der Waals surface area contributed by atoms with E-state index >= 15 is 0 Å². The second kappa shape index (κ2) is 8.50. The molecule has 28 heavy (non-hydrogen) atoms. The Labute approximate surface area is 165 Å². The molecule has 0 heterocycles. The minimum absolute atomic E-state index is 0.575. The van der Waals surface area contributed by atoms with Crippen molar-refractivity contribution < 1.29 is 8.78 Å². The standard InChI is InChI=1S/C24H18BF2P/c26-23-16-13-19(17-24(23)27)25-18-11-14-22(15-12-18)28(20-7-3-1-4-8-20)21-9-5-2-6-10-21/h1-17,25H. The molecule has 0 nitrogen and oxygen atoms in total. The van der Waals surface area contributed by atoms with Crippen LogP contribution in [0.5, 0.6) is 0 Å². The van der Waals surface area contributed by atoms with Crippen LogP contribution in [-0.4, -0.2) is 7.28 Å². The Morgan fingerprint density at radius 3 is 1.54 bits per heavy atom. The molecule has 0 fully saturated rings. The number of halogens is 2. The van der Waals surface area contributed by atoms with Crippen LogP contribution in [0.25, 0.3) is 0 Å². The molecule has 4 heteroatoms. The lowest BCUT2D eigenvalue weighted by Gasteiger charge is -2.19. The van der Waals surface area contributed by atoms with E-state index in [0.29, 0.717) is 7.28 Å². The predicted octanol–water partition coefficient (Wildman–Crippen LogP) is 3.11. The topological polar surface area (TPSA) is 0 Å². The lowest BCUT2D eigenvalue weighted by Crippen LogP contribution is -2.29. The minimum atomic E-state index is -0.810. The second-order valence-corrected chi connectivity index (χ2v) is 8.82. The third kappa shape index (κ3) is 4.21. The molecule has 0 aliphatic rings. The molecule has 0 atom stereocenters. The summed E-state index contributed by atoms with van der Waals surface area (Å²) in [5, 5.41) is 3.87. The fraction of sp³-hybridized carbons (Fsp3) is 0. The molecule has 0 saturated carbocycles. The first kappa shape index (κ1) is 18.6. The van der Waals surface area contributed by atoms with Crippen molar-refractivity contribution in [3.05, 3.63) is 115 Å². The number of hydrogen-bond donors (Lipinski definition) is 0. The van der Waals surface area contributed by atoms with Gasteiger partial charge in [0.2, 0.25) is 0 Å². The Balaban J connectivity index is 1.64. The Bertz CT molecular complexity index is 1010. The summed E-state index contributed by atoms with van der Waals surface area (Å²) in [6.07, 6.45) is 0. The molecule has 136 valence electrons. The summed E-state index contributed by atoms with van der Waals surface area (Å²) in [7, 11) is -0.0612. The van der Waals surface area contributed by atoms with E-state index in [4.69, 9.17) is 0 Å². The van der Waals surface area contributed by atoms with Crippen molar-refractivity contribution in [2.45, 2.75) is 0 Å². The Morgan fingerprint density at radius 2 is 1.00 bits per heavy atom. The SMILES string of the molecule is Fc1ccc(Bc2ccc(P(c3ccccc3)c3ccccc3)cc2)cc1F. The quantitative estimate of drug-likeness (QED) is 0.365. The smallest absolute Gasteiger partial charge is 0.192 e. The molecular weight excluding hydrogens is 368 g/mol. The molecule has 4 aromatic rings. The van der Waals surface area contributed by atoms with Crippen molar-refractivity contribution in [1.82, 2.24) is 0 Å². The first-order chi connectivity index (χ1) is 13.7. The lowest BCUT2D eigenvalue weighted by atomic mass is 9.64. The average molecular weight is 386 g/mol. The molecule has 0 bridgehead atoms. The lowest BCUT2D eigenvalue weighted by molar-refractivity contribution is 0.509. The van der Waals surface area contributed by atoms with Crippen molar-refractivity contribution in [3.63, 3.8) is 0 Å². The minimum Gasteiger partial charge on any atom is -0.204 e. The number of hydrogen-bond acceptors (Lipinski definition) is 0. The van der Waals surface area contributed by atoms with Crippen molar-refractivity contribution in [3.8, 4) is 0 Å². The Morgan fingerprint density at radius 1 is 0.500 bits per heavy atom. The summed E-state index contributed by atoms with van der Waals surface area (Å²) in [5.41, 5.74) is 1.84. The van der Waals surface area contributed by atoms with E-state index in [1.54, 1.807) is 6.07 Å². The molecule has 4 aromatic carbocycles. The summed E-state index contributed by atoms with van der Waals surface area (Å²) in [4.78, 5) is 0. The van der Waals surface area contributed by atoms with Crippen LogP contribution in [0.1, 0.15) is 0 Å². The highest BCUT2D eigenvalue weighted by atomic mass is 31.1. The van der Waals surface area contributed by atoms with Crippen molar-refractivity contribution in [2.75, 3.05) is 0 Å². The van der Waals surface area contributed by atoms with E-state index in [2.05, 4.69) is 72.8 Å². The molecular formula is C24H18BF2P. The van der Waals surface area contributed by atoms with Crippen LogP contribution in [-0.2, 0) is 0 Å². The van der Waals surface area contributed by atoms with Gasteiger partial charge in [0.15, 0.2) is 18.9 Å². The summed E-state index contributed by atoms with van der Waals surface area (Å²) in [5.74, 6) is -1.61. The van der Waals surface area contributed by atoms with Gasteiger partial charge >= 0.3 is 0 Å². The van der Waals surface area contributed by atoms with Crippen LogP contribution in [0.3, 0.4) is 0 Å². The molecule has 0 radical (unpaired) electrons. The second-order valence-electron chi connectivity index (χ2n) is 6.60. The molecule has 0 aliphatic heterocycles. The summed E-state index contributed by atoms with van der Waals surface area (Å²) >= 11 is 0. The van der Waals surface area contributed by atoms with E-state index in [9.17, 15) is 8.78 Å². The summed E-state index contributed by atoms with van der Waals surface area (Å²) in [6.45, 7) is 0. The van der Waals surface area contributed by atoms with Gasteiger partial charge in [0.25, 0.3) is 0 Å². The van der Waals surface area contributed by atoms with Gasteiger partial charge in [0, 0.05) is 0 Å². The highest BCUT2D eigenvalue weighted by Crippen LogP contribution is 2.32. The van der Waals surface area contributed by atoms with Crippen LogP contribution in [0.15, 0.2) is 103 Å². The van der Waals surface area contributed by atoms with Gasteiger partial charge in [-0.05, 0) is 36.0 Å². The summed E-state index contributed by atoms with van der Waals surface area (Å²) in [6, 6.07) is 33.6. The zero-order valence-electron chi connectivity index (χ0n) is 15.2. The van der Waals surface area contributed by atoms with Gasteiger partial charge in [-0.15, -0.1) is 0 Å². The van der Waals surface area contributed by atoms with Crippen LogP contribution in [0.2, 0.25) is 0 Å². The van der Waals surface area contributed by atoms with Crippen LogP contribution in [0.4, 0.5) is 8.78 Å². The van der Waals surface area contributed by atoms with Gasteiger partial charge < -0.3 is 0 Å². The molecule has 0 amide bonds. The largest absolute Gasteiger partial charge is 0.204 e. The molecule has 0 unspecified atom stereocenters. The van der Waals surface area contributed by atoms with Gasteiger partial charge in [-0.3, -0.25) is 0 Å². The van der Waals surface area contributed by atoms with Crippen LogP contribution in [0, 0.1) is 11.6 Å². The Kier molecular flexibility index (Phi) is 5.64. The van der Waals surface area contributed by atoms with Crippen molar-refractivity contribution in [1.29, 1.82) is 0 Å². The van der Waals surface area contributed by atoms with Crippen LogP contribution >= 0.6 is 7.92 Å². The molecule has 0 spiro atoms. The zero-order chi connectivity index (χ0) is 19.3. The third-order valence-electron chi connectivity index (χ3n) is 4.62. The molecule has 0 saturated heterocycles. The van der Waals surface area contributed by atoms with Gasteiger partial charge in [0.1, 0.15) is 0 Å². The Hall–Kier alpha value is -2.77. The predicted molar refractivity (Wildman–Crippen MR) is 118 cm³/mol. The molecule has 0 N–H and O–H groups in total. The van der Waals surface area contributed by atoms with Gasteiger partial charge in [-0.25, -0.2) is 8.78 Å². The highest BCUT2D eigenvalue weighted by Gasteiger charge is 2.16. The zero-order valence-corrected chi connectivity index (χ0v) is 16.1. The fourth-order valence-corrected chi connectivity index (χ4v) is 5.53.